The first kappa shape index (κ1) is 16.7. The number of likely N-dealkylation sites (tertiary alicyclic amines) is 1. The third kappa shape index (κ3) is 3.61. The molecular weight excluding hydrogens is 312 g/mol. The Hall–Kier alpha value is -1.75. The van der Waals surface area contributed by atoms with E-state index in [0.29, 0.717) is 12.5 Å². The van der Waals surface area contributed by atoms with E-state index >= 15 is 0 Å². The number of nitrogens with zero attached hydrogens (tertiary/aromatic N) is 2. The van der Waals surface area contributed by atoms with Gasteiger partial charge in [0.15, 0.2) is 0 Å². The van der Waals surface area contributed by atoms with Crippen molar-refractivity contribution in [3.8, 4) is 0 Å². The predicted molar refractivity (Wildman–Crippen MR) is 97.1 cm³/mol. The van der Waals surface area contributed by atoms with E-state index in [-0.39, 0.29) is 5.41 Å². The van der Waals surface area contributed by atoms with Gasteiger partial charge in [0.1, 0.15) is 0 Å². The summed E-state index contributed by atoms with van der Waals surface area (Å²) in [6.45, 7) is 8.36. The third-order valence-corrected chi connectivity index (χ3v) is 5.61. The molecule has 3 heterocycles. The minimum atomic E-state index is 0.136. The number of hydrogen-bond donors (Lipinski definition) is 0. The predicted octanol–water partition coefficient (Wildman–Crippen LogP) is 3.06. The SMILES string of the molecule is Cc1ccccc1CN1C[C@@H]2COC[C@]2(COCc2ccccn2)C1. The molecule has 0 N–H and O–H groups in total. The fourth-order valence-electron chi connectivity index (χ4n) is 4.14. The molecule has 0 bridgehead atoms. The molecular formula is C21H26N2O2. The summed E-state index contributed by atoms with van der Waals surface area (Å²) < 4.78 is 11.9. The van der Waals surface area contributed by atoms with Gasteiger partial charge in [-0.3, -0.25) is 9.88 Å². The van der Waals surface area contributed by atoms with Crippen LogP contribution in [-0.4, -0.2) is 42.8 Å². The van der Waals surface area contributed by atoms with Crippen LogP contribution in [0.3, 0.4) is 0 Å². The van der Waals surface area contributed by atoms with Gasteiger partial charge in [-0.2, -0.15) is 0 Å². The topological polar surface area (TPSA) is 34.6 Å². The fraction of sp³-hybridized carbons (Fsp3) is 0.476. The second kappa shape index (κ2) is 7.24. The van der Waals surface area contributed by atoms with E-state index in [1.807, 2.05) is 24.4 Å². The van der Waals surface area contributed by atoms with Crippen LogP contribution in [0.25, 0.3) is 0 Å². The molecule has 2 atom stereocenters. The van der Waals surface area contributed by atoms with Crippen molar-refractivity contribution in [1.82, 2.24) is 9.88 Å². The van der Waals surface area contributed by atoms with Crippen LogP contribution in [-0.2, 0) is 22.6 Å². The van der Waals surface area contributed by atoms with Crippen molar-refractivity contribution in [3.63, 3.8) is 0 Å². The molecule has 2 saturated heterocycles. The summed E-state index contributed by atoms with van der Waals surface area (Å²) in [7, 11) is 0. The minimum absolute atomic E-state index is 0.136. The zero-order chi connectivity index (χ0) is 17.1. The highest BCUT2D eigenvalue weighted by Crippen LogP contribution is 2.42. The number of hydrogen-bond acceptors (Lipinski definition) is 4. The number of pyridine rings is 1. The molecule has 4 nitrogen and oxygen atoms in total. The van der Waals surface area contributed by atoms with Crippen LogP contribution < -0.4 is 0 Å². The number of benzene rings is 1. The highest BCUT2D eigenvalue weighted by molar-refractivity contribution is 5.25. The van der Waals surface area contributed by atoms with E-state index in [1.165, 1.54) is 11.1 Å². The molecule has 0 saturated carbocycles. The van der Waals surface area contributed by atoms with Crippen molar-refractivity contribution in [1.29, 1.82) is 0 Å². The van der Waals surface area contributed by atoms with Gasteiger partial charge in [0.2, 0.25) is 0 Å². The standard InChI is InChI=1S/C21H26N2O2/c1-17-6-2-3-7-18(17)10-23-11-19-12-24-15-21(19,14-23)16-25-13-20-8-4-5-9-22-20/h2-9,19H,10-16H2,1H3/t19-,21+/m1/s1. The Morgan fingerprint density at radius 1 is 1.24 bits per heavy atom. The van der Waals surface area contributed by atoms with Gasteiger partial charge < -0.3 is 9.47 Å². The van der Waals surface area contributed by atoms with Crippen LogP contribution >= 0.6 is 0 Å². The molecule has 0 radical (unpaired) electrons. The van der Waals surface area contributed by atoms with E-state index in [1.54, 1.807) is 0 Å². The van der Waals surface area contributed by atoms with E-state index in [2.05, 4.69) is 41.1 Å². The number of aryl methyl sites for hydroxylation is 1. The molecule has 0 amide bonds. The monoisotopic (exact) mass is 338 g/mol. The summed E-state index contributed by atoms with van der Waals surface area (Å²) in [5.41, 5.74) is 3.92. The summed E-state index contributed by atoms with van der Waals surface area (Å²) >= 11 is 0. The molecule has 0 aliphatic carbocycles. The minimum Gasteiger partial charge on any atom is -0.380 e. The maximum atomic E-state index is 6.06. The fourth-order valence-corrected chi connectivity index (χ4v) is 4.14. The molecule has 0 unspecified atom stereocenters. The van der Waals surface area contributed by atoms with E-state index in [0.717, 1.165) is 45.1 Å². The van der Waals surface area contributed by atoms with E-state index in [9.17, 15) is 0 Å². The van der Waals surface area contributed by atoms with Crippen molar-refractivity contribution in [3.05, 3.63) is 65.5 Å². The molecule has 0 spiro atoms. The Balaban J connectivity index is 1.38. The van der Waals surface area contributed by atoms with Gasteiger partial charge in [-0.15, -0.1) is 0 Å². The zero-order valence-corrected chi connectivity index (χ0v) is 14.9. The quantitative estimate of drug-likeness (QED) is 0.811. The maximum Gasteiger partial charge on any atom is 0.0888 e. The Morgan fingerprint density at radius 2 is 2.12 bits per heavy atom. The first-order valence-corrected chi connectivity index (χ1v) is 9.07. The lowest BCUT2D eigenvalue weighted by atomic mass is 9.82. The molecule has 4 rings (SSSR count). The molecule has 132 valence electrons. The lowest BCUT2D eigenvalue weighted by Crippen LogP contribution is -2.35. The smallest absolute Gasteiger partial charge is 0.0888 e. The van der Waals surface area contributed by atoms with Gasteiger partial charge in [0.25, 0.3) is 0 Å². The van der Waals surface area contributed by atoms with Gasteiger partial charge in [0, 0.05) is 37.2 Å². The molecule has 2 fully saturated rings. The Bertz CT molecular complexity index is 706. The summed E-state index contributed by atoms with van der Waals surface area (Å²) in [6.07, 6.45) is 1.82. The lowest BCUT2D eigenvalue weighted by Gasteiger charge is -2.27. The molecule has 4 heteroatoms. The van der Waals surface area contributed by atoms with Crippen molar-refractivity contribution in [2.24, 2.45) is 11.3 Å². The molecule has 1 aromatic carbocycles. The normalized spacial score (nSPS) is 26.0. The van der Waals surface area contributed by atoms with Crippen molar-refractivity contribution >= 4 is 0 Å². The molecule has 2 aliphatic rings. The number of fused-ring (bicyclic) bond motifs is 1. The number of rotatable bonds is 6. The molecule has 25 heavy (non-hydrogen) atoms. The zero-order valence-electron chi connectivity index (χ0n) is 14.9. The highest BCUT2D eigenvalue weighted by atomic mass is 16.5. The maximum absolute atomic E-state index is 6.06. The summed E-state index contributed by atoms with van der Waals surface area (Å²) in [4.78, 5) is 6.91. The molecule has 2 aromatic rings. The van der Waals surface area contributed by atoms with Crippen LogP contribution in [0.4, 0.5) is 0 Å². The van der Waals surface area contributed by atoms with Gasteiger partial charge in [0.05, 0.1) is 32.1 Å². The third-order valence-electron chi connectivity index (χ3n) is 5.61. The van der Waals surface area contributed by atoms with Crippen molar-refractivity contribution < 1.29 is 9.47 Å². The van der Waals surface area contributed by atoms with Crippen LogP contribution in [0.5, 0.6) is 0 Å². The Morgan fingerprint density at radius 3 is 2.96 bits per heavy atom. The Kier molecular flexibility index (Phi) is 4.84. The average molecular weight is 338 g/mol. The first-order chi connectivity index (χ1) is 12.3. The number of aromatic nitrogens is 1. The van der Waals surface area contributed by atoms with E-state index in [4.69, 9.17) is 9.47 Å². The average Bonchev–Trinajstić information content (AvgIpc) is 3.14. The lowest BCUT2D eigenvalue weighted by molar-refractivity contribution is 0.0171. The van der Waals surface area contributed by atoms with Gasteiger partial charge in [-0.1, -0.05) is 30.3 Å². The summed E-state index contributed by atoms with van der Waals surface area (Å²) in [5, 5.41) is 0. The van der Waals surface area contributed by atoms with Gasteiger partial charge in [-0.05, 0) is 30.2 Å². The summed E-state index contributed by atoms with van der Waals surface area (Å²) in [6, 6.07) is 14.6. The van der Waals surface area contributed by atoms with Gasteiger partial charge >= 0.3 is 0 Å². The first-order valence-electron chi connectivity index (χ1n) is 9.07. The van der Waals surface area contributed by atoms with Crippen LogP contribution in [0.1, 0.15) is 16.8 Å². The van der Waals surface area contributed by atoms with Crippen molar-refractivity contribution in [2.45, 2.75) is 20.1 Å². The second-order valence-corrected chi connectivity index (χ2v) is 7.48. The van der Waals surface area contributed by atoms with Crippen LogP contribution in [0.15, 0.2) is 48.7 Å². The number of ether oxygens (including phenoxy) is 2. The van der Waals surface area contributed by atoms with Crippen molar-refractivity contribution in [2.75, 3.05) is 32.9 Å². The summed E-state index contributed by atoms with van der Waals surface area (Å²) in [5.74, 6) is 0.570. The molecule has 2 aliphatic heterocycles. The second-order valence-electron chi connectivity index (χ2n) is 7.48. The highest BCUT2D eigenvalue weighted by Gasteiger charge is 2.50. The molecule has 1 aromatic heterocycles. The van der Waals surface area contributed by atoms with E-state index < -0.39 is 0 Å². The van der Waals surface area contributed by atoms with Crippen LogP contribution in [0.2, 0.25) is 0 Å². The Labute approximate surface area is 149 Å². The van der Waals surface area contributed by atoms with Gasteiger partial charge in [-0.25, -0.2) is 0 Å². The largest absolute Gasteiger partial charge is 0.380 e. The van der Waals surface area contributed by atoms with Crippen LogP contribution in [0, 0.1) is 18.3 Å².